The third-order valence-corrected chi connectivity index (χ3v) is 6.66. The Labute approximate surface area is 247 Å². The first-order valence-electron chi connectivity index (χ1n) is 13.1. The van der Waals surface area contributed by atoms with E-state index < -0.39 is 18.0 Å². The number of tetrazole rings is 1. The van der Waals surface area contributed by atoms with Crippen LogP contribution in [0.15, 0.2) is 73.1 Å². The number of methoxy groups -OCH3 is 1. The van der Waals surface area contributed by atoms with Gasteiger partial charge in [-0.1, -0.05) is 41.9 Å². The summed E-state index contributed by atoms with van der Waals surface area (Å²) in [5.41, 5.74) is 3.67. The van der Waals surface area contributed by atoms with Crippen molar-refractivity contribution in [1.82, 2.24) is 30.8 Å². The van der Waals surface area contributed by atoms with Crippen molar-refractivity contribution in [3.63, 3.8) is 0 Å². The molecule has 0 saturated heterocycles. The summed E-state index contributed by atoms with van der Waals surface area (Å²) >= 11 is 6.21. The van der Waals surface area contributed by atoms with Crippen LogP contribution in [0.2, 0.25) is 5.02 Å². The minimum Gasteiger partial charge on any atom is -0.465 e. The predicted octanol–water partition coefficient (Wildman–Crippen LogP) is 3.29. The maximum atomic E-state index is 13.4. The first kappa shape index (κ1) is 30.2. The van der Waals surface area contributed by atoms with Crippen LogP contribution in [0, 0.1) is 0 Å². The Morgan fingerprint density at radius 2 is 1.83 bits per heavy atom. The number of hydrogen-bond donors (Lipinski definition) is 4. The molecule has 0 unspecified atom stereocenters. The summed E-state index contributed by atoms with van der Waals surface area (Å²) in [4.78, 5) is 37.9. The van der Waals surface area contributed by atoms with Crippen molar-refractivity contribution in [2.75, 3.05) is 25.6 Å². The maximum absolute atomic E-state index is 13.4. The van der Waals surface area contributed by atoms with Crippen molar-refractivity contribution < 1.29 is 24.2 Å². The van der Waals surface area contributed by atoms with Gasteiger partial charge in [-0.15, -0.1) is 5.10 Å². The molecule has 42 heavy (non-hydrogen) atoms. The molecule has 4 N–H and O–H groups in total. The van der Waals surface area contributed by atoms with E-state index in [0.717, 1.165) is 16.8 Å². The van der Waals surface area contributed by atoms with E-state index in [1.165, 1.54) is 30.3 Å². The number of carboxylic acid groups (broad SMARTS) is 1. The lowest BCUT2D eigenvalue weighted by Gasteiger charge is -2.20. The molecule has 0 fully saturated rings. The molecule has 4 rings (SSSR count). The summed E-state index contributed by atoms with van der Waals surface area (Å²) in [7, 11) is 1.53. The molecule has 0 aliphatic carbocycles. The third-order valence-electron chi connectivity index (χ3n) is 6.42. The van der Waals surface area contributed by atoms with Crippen LogP contribution in [0.25, 0.3) is 5.69 Å². The number of ether oxygens (including phenoxy) is 1. The van der Waals surface area contributed by atoms with Gasteiger partial charge in [-0.2, -0.15) is 0 Å². The number of aromatic nitrogens is 4. The Kier molecular flexibility index (Phi) is 10.6. The SMILES string of the molecule is COCCc1cc(C(=O)N[C@@H](Cc2ccccc2)C(=O)NCCc2cc(Cl)ccc2-n2cnnn2)ccc1NC(=O)O. The molecule has 218 valence electrons. The van der Waals surface area contributed by atoms with E-state index >= 15 is 0 Å². The fraction of sp³-hybridized carbons (Fsp3) is 0.241. The average molecular weight is 592 g/mol. The molecule has 13 heteroatoms. The molecule has 0 aliphatic rings. The van der Waals surface area contributed by atoms with E-state index in [1.54, 1.807) is 24.3 Å². The smallest absolute Gasteiger partial charge is 0.409 e. The molecule has 3 aromatic carbocycles. The molecule has 0 bridgehead atoms. The van der Waals surface area contributed by atoms with Crippen molar-refractivity contribution >= 4 is 35.2 Å². The monoisotopic (exact) mass is 591 g/mol. The summed E-state index contributed by atoms with van der Waals surface area (Å²) in [6, 6.07) is 18.4. The Morgan fingerprint density at radius 3 is 2.55 bits per heavy atom. The summed E-state index contributed by atoms with van der Waals surface area (Å²) in [5.74, 6) is -0.829. The second-order valence-corrected chi connectivity index (χ2v) is 9.77. The Morgan fingerprint density at radius 1 is 1.02 bits per heavy atom. The van der Waals surface area contributed by atoms with Gasteiger partial charge >= 0.3 is 6.09 Å². The number of amides is 3. The molecule has 0 spiro atoms. The van der Waals surface area contributed by atoms with Gasteiger partial charge < -0.3 is 20.5 Å². The second kappa shape index (κ2) is 14.7. The lowest BCUT2D eigenvalue weighted by atomic mass is 10.0. The molecule has 4 aromatic rings. The number of nitrogens with one attached hydrogen (secondary N) is 3. The minimum absolute atomic E-state index is 0.265. The highest BCUT2D eigenvalue weighted by Gasteiger charge is 2.23. The van der Waals surface area contributed by atoms with E-state index in [-0.39, 0.29) is 24.4 Å². The van der Waals surface area contributed by atoms with Gasteiger partial charge in [0.05, 0.1) is 12.3 Å². The standard InChI is InChI=1S/C29H30ClN7O5/c1-42-14-12-20-16-22(7-9-24(20)34-29(40)41)27(38)33-25(15-19-5-3-2-4-6-19)28(39)31-13-11-21-17-23(30)8-10-26(21)37-18-32-35-36-37/h2-10,16-18,25,34H,11-15H2,1H3,(H,31,39)(H,33,38)(H,40,41)/t25-/m0/s1. The minimum atomic E-state index is -1.21. The van der Waals surface area contributed by atoms with Crippen molar-refractivity contribution in [2.24, 2.45) is 0 Å². The quantitative estimate of drug-likeness (QED) is 0.184. The molecule has 0 radical (unpaired) electrons. The van der Waals surface area contributed by atoms with Crippen LogP contribution in [0.3, 0.4) is 0 Å². The van der Waals surface area contributed by atoms with E-state index in [4.69, 9.17) is 21.4 Å². The van der Waals surface area contributed by atoms with Gasteiger partial charge in [-0.3, -0.25) is 14.9 Å². The van der Waals surface area contributed by atoms with E-state index in [9.17, 15) is 14.4 Å². The van der Waals surface area contributed by atoms with Gasteiger partial charge in [0.2, 0.25) is 5.91 Å². The lowest BCUT2D eigenvalue weighted by molar-refractivity contribution is -0.122. The third kappa shape index (κ3) is 8.35. The Hall–Kier alpha value is -4.81. The summed E-state index contributed by atoms with van der Waals surface area (Å²) in [6.45, 7) is 0.604. The fourth-order valence-electron chi connectivity index (χ4n) is 4.38. The van der Waals surface area contributed by atoms with Gasteiger partial charge in [0.1, 0.15) is 12.4 Å². The zero-order valence-corrected chi connectivity index (χ0v) is 23.5. The van der Waals surface area contributed by atoms with E-state index in [1.807, 2.05) is 30.3 Å². The topological polar surface area (TPSA) is 160 Å². The molecule has 0 aliphatic heterocycles. The molecular weight excluding hydrogens is 562 g/mol. The number of carbonyl (C=O) groups is 3. The molecular formula is C29H30ClN7O5. The number of carbonyl (C=O) groups excluding carboxylic acids is 2. The highest BCUT2D eigenvalue weighted by Crippen LogP contribution is 2.20. The molecule has 1 atom stereocenters. The first-order valence-corrected chi connectivity index (χ1v) is 13.5. The fourth-order valence-corrected chi connectivity index (χ4v) is 4.58. The summed E-state index contributed by atoms with van der Waals surface area (Å²) < 4.78 is 6.64. The maximum Gasteiger partial charge on any atom is 0.409 e. The van der Waals surface area contributed by atoms with Crippen LogP contribution < -0.4 is 16.0 Å². The van der Waals surface area contributed by atoms with Gasteiger partial charge in [-0.25, -0.2) is 9.48 Å². The van der Waals surface area contributed by atoms with Crippen LogP contribution in [-0.2, 0) is 28.8 Å². The largest absolute Gasteiger partial charge is 0.465 e. The van der Waals surface area contributed by atoms with Crippen LogP contribution >= 0.6 is 11.6 Å². The highest BCUT2D eigenvalue weighted by atomic mass is 35.5. The van der Waals surface area contributed by atoms with Crippen LogP contribution in [0.1, 0.15) is 27.0 Å². The molecule has 12 nitrogen and oxygen atoms in total. The van der Waals surface area contributed by atoms with E-state index in [0.29, 0.717) is 35.7 Å². The van der Waals surface area contributed by atoms with Gasteiger partial charge in [-0.05, 0) is 76.4 Å². The molecule has 1 aromatic heterocycles. The number of hydrogen-bond acceptors (Lipinski definition) is 7. The number of rotatable bonds is 13. The Balaban J connectivity index is 1.49. The van der Waals surface area contributed by atoms with Crippen molar-refractivity contribution in [3.05, 3.63) is 100 Å². The molecule has 1 heterocycles. The Bertz CT molecular complexity index is 1520. The normalized spacial score (nSPS) is 11.5. The van der Waals surface area contributed by atoms with Crippen LogP contribution in [0.4, 0.5) is 10.5 Å². The summed E-state index contributed by atoms with van der Waals surface area (Å²) in [5, 5.41) is 29.1. The molecule has 0 saturated carbocycles. The van der Waals surface area contributed by atoms with Gasteiger partial charge in [0.25, 0.3) is 5.91 Å². The van der Waals surface area contributed by atoms with Gasteiger partial charge in [0, 0.05) is 36.3 Å². The van der Waals surface area contributed by atoms with Crippen molar-refractivity contribution in [1.29, 1.82) is 0 Å². The van der Waals surface area contributed by atoms with Gasteiger partial charge in [0.15, 0.2) is 0 Å². The predicted molar refractivity (Wildman–Crippen MR) is 156 cm³/mol. The average Bonchev–Trinajstić information content (AvgIpc) is 3.51. The highest BCUT2D eigenvalue weighted by molar-refractivity contribution is 6.30. The number of anilines is 1. The first-order chi connectivity index (χ1) is 20.3. The summed E-state index contributed by atoms with van der Waals surface area (Å²) in [6.07, 6.45) is 1.35. The number of nitrogens with zero attached hydrogens (tertiary/aromatic N) is 4. The van der Waals surface area contributed by atoms with Crippen molar-refractivity contribution in [2.45, 2.75) is 25.3 Å². The van der Waals surface area contributed by atoms with Crippen LogP contribution in [0.5, 0.6) is 0 Å². The molecule has 3 amide bonds. The number of halogens is 1. The second-order valence-electron chi connectivity index (χ2n) is 9.33. The van der Waals surface area contributed by atoms with E-state index in [2.05, 4.69) is 31.5 Å². The zero-order valence-electron chi connectivity index (χ0n) is 22.8. The van der Waals surface area contributed by atoms with Crippen LogP contribution in [-0.4, -0.2) is 69.5 Å². The zero-order chi connectivity index (χ0) is 29.9. The van der Waals surface area contributed by atoms with Crippen molar-refractivity contribution in [3.8, 4) is 5.69 Å². The lowest BCUT2D eigenvalue weighted by Crippen LogP contribution is -2.48. The number of benzene rings is 3.